The van der Waals surface area contributed by atoms with Gasteiger partial charge in [-0.2, -0.15) is 0 Å². The highest BCUT2D eigenvalue weighted by molar-refractivity contribution is 7.12. The van der Waals surface area contributed by atoms with Gasteiger partial charge in [-0.3, -0.25) is 9.59 Å². The summed E-state index contributed by atoms with van der Waals surface area (Å²) in [7, 11) is 0. The fourth-order valence-electron chi connectivity index (χ4n) is 3.50. The number of carbonyl (C=O) groups is 2. The van der Waals surface area contributed by atoms with Crippen molar-refractivity contribution >= 4 is 28.8 Å². The molecule has 2 aromatic heterocycles. The number of carbonyl (C=O) groups excluding carboxylic acids is 2. The molecule has 3 heterocycles. The first kappa shape index (κ1) is 19.3. The number of rotatable bonds is 6. The van der Waals surface area contributed by atoms with Gasteiger partial charge >= 0.3 is 0 Å². The summed E-state index contributed by atoms with van der Waals surface area (Å²) in [5.41, 5.74) is 0.942. The molecule has 0 spiro atoms. The quantitative estimate of drug-likeness (QED) is 0.654. The first-order valence-corrected chi connectivity index (χ1v) is 10.7. The molecule has 0 radical (unpaired) electrons. The van der Waals surface area contributed by atoms with Crippen molar-refractivity contribution in [3.8, 4) is 0 Å². The average Bonchev–Trinajstić information content (AvgIpc) is 3.34. The maximum absolute atomic E-state index is 12.7. The van der Waals surface area contributed by atoms with Gasteiger partial charge in [0, 0.05) is 25.9 Å². The summed E-state index contributed by atoms with van der Waals surface area (Å²) in [6.07, 6.45) is 5.11. The summed E-state index contributed by atoms with van der Waals surface area (Å²) >= 11 is 1.36. The zero-order chi connectivity index (χ0) is 20.1. The Bertz CT molecular complexity index is 996. The van der Waals surface area contributed by atoms with Crippen LogP contribution >= 0.6 is 11.3 Å². The number of nitrogens with one attached hydrogen (secondary N) is 2. The van der Waals surface area contributed by atoms with Crippen LogP contribution in [-0.2, 0) is 19.4 Å². The molecule has 2 N–H and O–H groups in total. The lowest BCUT2D eigenvalue weighted by Gasteiger charge is -2.11. The van der Waals surface area contributed by atoms with Crippen molar-refractivity contribution in [2.24, 2.45) is 0 Å². The highest BCUT2D eigenvalue weighted by Gasteiger charge is 2.16. The standard InChI is InChI=1S/C21H23N5O2S/c27-20(22-12-11-19-25-24-18-10-2-1-5-13-26(18)19)15-7-3-4-8-16(15)23-21(28)17-9-6-14-29-17/h3-4,6-9,14H,1-2,5,10-13H2,(H,22,27)(H,23,28). The molecule has 4 rings (SSSR count). The largest absolute Gasteiger partial charge is 0.352 e. The monoisotopic (exact) mass is 409 g/mol. The van der Waals surface area contributed by atoms with Gasteiger partial charge in [0.05, 0.1) is 16.1 Å². The maximum Gasteiger partial charge on any atom is 0.265 e. The van der Waals surface area contributed by atoms with E-state index in [0.29, 0.717) is 29.1 Å². The second-order valence-corrected chi connectivity index (χ2v) is 7.93. The molecule has 0 fully saturated rings. The summed E-state index contributed by atoms with van der Waals surface area (Å²) < 4.78 is 2.19. The van der Waals surface area contributed by atoms with Gasteiger partial charge in [-0.05, 0) is 36.4 Å². The van der Waals surface area contributed by atoms with Crippen LogP contribution in [0.2, 0.25) is 0 Å². The van der Waals surface area contributed by atoms with E-state index < -0.39 is 0 Å². The highest BCUT2D eigenvalue weighted by Crippen LogP contribution is 2.18. The molecule has 7 nitrogen and oxygen atoms in total. The minimum atomic E-state index is -0.220. The Morgan fingerprint density at radius 3 is 2.79 bits per heavy atom. The van der Waals surface area contributed by atoms with Gasteiger partial charge in [0.25, 0.3) is 11.8 Å². The summed E-state index contributed by atoms with van der Waals surface area (Å²) in [6, 6.07) is 10.6. The predicted octanol–water partition coefficient (Wildman–Crippen LogP) is 3.29. The van der Waals surface area contributed by atoms with Crippen molar-refractivity contribution in [2.75, 3.05) is 11.9 Å². The molecule has 2 amide bonds. The van der Waals surface area contributed by atoms with Crippen molar-refractivity contribution in [1.29, 1.82) is 0 Å². The lowest BCUT2D eigenvalue weighted by molar-refractivity contribution is 0.0954. The second kappa shape index (κ2) is 9.00. The second-order valence-electron chi connectivity index (χ2n) is 6.98. The lowest BCUT2D eigenvalue weighted by Crippen LogP contribution is -2.28. The van der Waals surface area contributed by atoms with Crippen LogP contribution in [0.3, 0.4) is 0 Å². The minimum Gasteiger partial charge on any atom is -0.352 e. The normalized spacial score (nSPS) is 13.4. The molecule has 1 aliphatic heterocycles. The molecule has 0 bridgehead atoms. The van der Waals surface area contributed by atoms with E-state index in [2.05, 4.69) is 25.4 Å². The fraction of sp³-hybridized carbons (Fsp3) is 0.333. The van der Waals surface area contributed by atoms with Gasteiger partial charge in [-0.15, -0.1) is 21.5 Å². The maximum atomic E-state index is 12.7. The fourth-order valence-corrected chi connectivity index (χ4v) is 4.11. The number of hydrogen-bond acceptors (Lipinski definition) is 5. The Balaban J connectivity index is 1.38. The van der Waals surface area contributed by atoms with E-state index in [1.807, 2.05) is 11.4 Å². The van der Waals surface area contributed by atoms with Crippen LogP contribution in [0.25, 0.3) is 0 Å². The molecule has 1 aromatic carbocycles. The zero-order valence-corrected chi connectivity index (χ0v) is 16.9. The SMILES string of the molecule is O=C(Nc1ccccc1C(=O)NCCc1nnc2n1CCCCC2)c1cccs1. The average molecular weight is 410 g/mol. The Morgan fingerprint density at radius 2 is 1.93 bits per heavy atom. The van der Waals surface area contributed by atoms with Gasteiger partial charge in [0.15, 0.2) is 0 Å². The smallest absolute Gasteiger partial charge is 0.265 e. The van der Waals surface area contributed by atoms with Gasteiger partial charge in [-0.25, -0.2) is 0 Å². The number of fused-ring (bicyclic) bond motifs is 1. The molecule has 0 atom stereocenters. The van der Waals surface area contributed by atoms with Crippen LogP contribution in [0, 0.1) is 0 Å². The Labute approximate surface area is 173 Å². The summed E-state index contributed by atoms with van der Waals surface area (Å²) in [6.45, 7) is 1.41. The molecule has 0 saturated carbocycles. The number of hydrogen-bond donors (Lipinski definition) is 2. The molecule has 0 unspecified atom stereocenters. The van der Waals surface area contributed by atoms with Crippen LogP contribution in [0.15, 0.2) is 41.8 Å². The van der Waals surface area contributed by atoms with Gasteiger partial charge in [0.2, 0.25) is 0 Å². The van der Waals surface area contributed by atoms with E-state index in [1.165, 1.54) is 17.8 Å². The van der Waals surface area contributed by atoms with E-state index >= 15 is 0 Å². The van der Waals surface area contributed by atoms with E-state index in [0.717, 1.165) is 37.5 Å². The minimum absolute atomic E-state index is 0.216. The molecular weight excluding hydrogens is 386 g/mol. The number of aryl methyl sites for hydroxylation is 1. The molecule has 29 heavy (non-hydrogen) atoms. The molecule has 3 aromatic rings. The van der Waals surface area contributed by atoms with E-state index in [4.69, 9.17) is 0 Å². The van der Waals surface area contributed by atoms with Crippen LogP contribution in [0.5, 0.6) is 0 Å². The predicted molar refractivity (Wildman–Crippen MR) is 112 cm³/mol. The molecular formula is C21H23N5O2S. The van der Waals surface area contributed by atoms with Crippen LogP contribution in [0.4, 0.5) is 5.69 Å². The summed E-state index contributed by atoms with van der Waals surface area (Å²) in [5, 5.41) is 16.2. The summed E-state index contributed by atoms with van der Waals surface area (Å²) in [4.78, 5) is 25.6. The Hall–Kier alpha value is -3.00. The van der Waals surface area contributed by atoms with Crippen LogP contribution in [0.1, 0.15) is 50.9 Å². The number of aromatic nitrogens is 3. The van der Waals surface area contributed by atoms with Gasteiger partial charge in [-0.1, -0.05) is 24.6 Å². The first-order valence-electron chi connectivity index (χ1n) is 9.85. The third-order valence-electron chi connectivity index (χ3n) is 4.99. The van der Waals surface area contributed by atoms with Crippen molar-refractivity contribution in [3.63, 3.8) is 0 Å². The number of thiophene rings is 1. The summed E-state index contributed by atoms with van der Waals surface area (Å²) in [5.74, 6) is 1.53. The Morgan fingerprint density at radius 1 is 1.03 bits per heavy atom. The first-order chi connectivity index (χ1) is 14.2. The highest BCUT2D eigenvalue weighted by atomic mass is 32.1. The van der Waals surface area contributed by atoms with E-state index in [9.17, 15) is 9.59 Å². The van der Waals surface area contributed by atoms with E-state index in [-0.39, 0.29) is 11.8 Å². The molecule has 1 aliphatic rings. The lowest BCUT2D eigenvalue weighted by atomic mass is 10.1. The third-order valence-corrected chi connectivity index (χ3v) is 5.85. The number of anilines is 1. The van der Waals surface area contributed by atoms with Crippen LogP contribution < -0.4 is 10.6 Å². The van der Waals surface area contributed by atoms with Gasteiger partial charge in [0.1, 0.15) is 11.6 Å². The van der Waals surface area contributed by atoms with Gasteiger partial charge < -0.3 is 15.2 Å². The third kappa shape index (κ3) is 4.54. The number of nitrogens with zero attached hydrogens (tertiary/aromatic N) is 3. The van der Waals surface area contributed by atoms with Crippen LogP contribution in [-0.4, -0.2) is 33.1 Å². The topological polar surface area (TPSA) is 88.9 Å². The molecule has 0 saturated heterocycles. The zero-order valence-electron chi connectivity index (χ0n) is 16.1. The van der Waals surface area contributed by atoms with Crippen molar-refractivity contribution < 1.29 is 9.59 Å². The molecule has 0 aliphatic carbocycles. The number of benzene rings is 1. The molecule has 150 valence electrons. The van der Waals surface area contributed by atoms with Crippen molar-refractivity contribution in [3.05, 3.63) is 63.9 Å². The number of para-hydroxylation sites is 1. The number of amides is 2. The Kier molecular flexibility index (Phi) is 6.00. The molecule has 8 heteroatoms. The van der Waals surface area contributed by atoms with E-state index in [1.54, 1.807) is 30.3 Å². The van der Waals surface area contributed by atoms with Crippen molar-refractivity contribution in [2.45, 2.75) is 38.6 Å². The van der Waals surface area contributed by atoms with Crippen molar-refractivity contribution in [1.82, 2.24) is 20.1 Å².